The maximum absolute atomic E-state index is 12.1. The summed E-state index contributed by atoms with van der Waals surface area (Å²) in [6.45, 7) is 7.62. The van der Waals surface area contributed by atoms with Gasteiger partial charge in [0.05, 0.1) is 6.54 Å². The van der Waals surface area contributed by atoms with Crippen molar-refractivity contribution in [2.24, 2.45) is 0 Å². The van der Waals surface area contributed by atoms with Gasteiger partial charge in [-0.05, 0) is 51.3 Å². The summed E-state index contributed by atoms with van der Waals surface area (Å²) in [5.41, 5.74) is 3.41. The van der Waals surface area contributed by atoms with Crippen molar-refractivity contribution >= 4 is 11.6 Å². The molecular weight excluding hydrogens is 250 g/mol. The standard InChI is InChI=1S/C16H25N3O/c1-11-6-4-7-12(2)16(11)18-10-15(20)19-14-8-5-9-17-13(14)3/h4,6-7,13-14,17-18H,5,8-10H2,1-3H3,(H,19,20). The zero-order valence-electron chi connectivity index (χ0n) is 12.6. The van der Waals surface area contributed by atoms with Crippen LogP contribution in [0.2, 0.25) is 0 Å². The van der Waals surface area contributed by atoms with Crippen LogP contribution in [0.15, 0.2) is 18.2 Å². The smallest absolute Gasteiger partial charge is 0.239 e. The summed E-state index contributed by atoms with van der Waals surface area (Å²) in [6.07, 6.45) is 2.18. The quantitative estimate of drug-likeness (QED) is 0.787. The highest BCUT2D eigenvalue weighted by Gasteiger charge is 2.22. The molecule has 0 aliphatic carbocycles. The molecule has 1 aromatic rings. The molecule has 0 saturated carbocycles. The monoisotopic (exact) mass is 275 g/mol. The van der Waals surface area contributed by atoms with Crippen LogP contribution in [0.4, 0.5) is 5.69 Å². The fourth-order valence-electron chi connectivity index (χ4n) is 2.76. The number of rotatable bonds is 4. The first-order valence-electron chi connectivity index (χ1n) is 7.41. The normalized spacial score (nSPS) is 22.4. The van der Waals surface area contributed by atoms with E-state index >= 15 is 0 Å². The van der Waals surface area contributed by atoms with Crippen molar-refractivity contribution in [3.05, 3.63) is 29.3 Å². The van der Waals surface area contributed by atoms with E-state index in [-0.39, 0.29) is 11.9 Å². The molecule has 0 spiro atoms. The van der Waals surface area contributed by atoms with Gasteiger partial charge >= 0.3 is 0 Å². The lowest BCUT2D eigenvalue weighted by molar-refractivity contribution is -0.120. The fraction of sp³-hybridized carbons (Fsp3) is 0.562. The zero-order chi connectivity index (χ0) is 14.5. The first-order valence-corrected chi connectivity index (χ1v) is 7.41. The molecule has 2 unspecified atom stereocenters. The first-order chi connectivity index (χ1) is 9.58. The molecule has 1 aliphatic heterocycles. The third-order valence-electron chi connectivity index (χ3n) is 4.02. The van der Waals surface area contributed by atoms with Crippen molar-refractivity contribution in [3.8, 4) is 0 Å². The molecule has 1 fully saturated rings. The summed E-state index contributed by atoms with van der Waals surface area (Å²) in [7, 11) is 0. The highest BCUT2D eigenvalue weighted by molar-refractivity contribution is 5.81. The van der Waals surface area contributed by atoms with Crippen LogP contribution in [0.1, 0.15) is 30.9 Å². The summed E-state index contributed by atoms with van der Waals surface area (Å²) in [5.74, 6) is 0.0632. The van der Waals surface area contributed by atoms with Gasteiger partial charge in [0.1, 0.15) is 0 Å². The van der Waals surface area contributed by atoms with Gasteiger partial charge in [0.2, 0.25) is 5.91 Å². The summed E-state index contributed by atoms with van der Waals surface area (Å²) >= 11 is 0. The summed E-state index contributed by atoms with van der Waals surface area (Å²) in [5, 5.41) is 9.76. The third-order valence-corrected chi connectivity index (χ3v) is 4.02. The fourth-order valence-corrected chi connectivity index (χ4v) is 2.76. The third kappa shape index (κ3) is 3.73. The maximum atomic E-state index is 12.1. The Morgan fingerprint density at radius 1 is 1.35 bits per heavy atom. The molecule has 1 aliphatic rings. The van der Waals surface area contributed by atoms with Crippen molar-refractivity contribution in [2.75, 3.05) is 18.4 Å². The van der Waals surface area contributed by atoms with Crippen LogP contribution in [0.5, 0.6) is 0 Å². The lowest BCUT2D eigenvalue weighted by Crippen LogP contribution is -2.52. The predicted octanol–water partition coefficient (Wildman–Crippen LogP) is 1.97. The molecule has 4 heteroatoms. The minimum absolute atomic E-state index is 0.0632. The molecule has 4 nitrogen and oxygen atoms in total. The number of carbonyl (C=O) groups is 1. The molecule has 1 amide bonds. The second-order valence-corrected chi connectivity index (χ2v) is 5.68. The Kier molecular flexibility index (Phi) is 5.01. The molecule has 0 radical (unpaired) electrons. The van der Waals surface area contributed by atoms with Crippen molar-refractivity contribution in [3.63, 3.8) is 0 Å². The number of aryl methyl sites for hydroxylation is 2. The largest absolute Gasteiger partial charge is 0.376 e. The van der Waals surface area contributed by atoms with Crippen LogP contribution < -0.4 is 16.0 Å². The number of para-hydroxylation sites is 1. The van der Waals surface area contributed by atoms with E-state index in [9.17, 15) is 4.79 Å². The molecule has 110 valence electrons. The van der Waals surface area contributed by atoms with Gasteiger partial charge in [-0.2, -0.15) is 0 Å². The first kappa shape index (κ1) is 14.9. The van der Waals surface area contributed by atoms with E-state index in [2.05, 4.69) is 48.9 Å². The van der Waals surface area contributed by atoms with Crippen molar-refractivity contribution in [1.82, 2.24) is 10.6 Å². The van der Waals surface area contributed by atoms with E-state index in [1.165, 1.54) is 11.1 Å². The Hall–Kier alpha value is -1.55. The molecule has 1 saturated heterocycles. The number of nitrogens with one attached hydrogen (secondary N) is 3. The number of hydrogen-bond acceptors (Lipinski definition) is 3. The van der Waals surface area contributed by atoms with E-state index < -0.39 is 0 Å². The number of anilines is 1. The molecule has 0 aromatic heterocycles. The number of benzene rings is 1. The Morgan fingerprint density at radius 3 is 2.70 bits per heavy atom. The van der Waals surface area contributed by atoms with Gasteiger partial charge in [-0.25, -0.2) is 0 Å². The van der Waals surface area contributed by atoms with Crippen molar-refractivity contribution in [1.29, 1.82) is 0 Å². The Morgan fingerprint density at radius 2 is 2.05 bits per heavy atom. The summed E-state index contributed by atoms with van der Waals surface area (Å²) < 4.78 is 0. The predicted molar refractivity (Wildman–Crippen MR) is 83.0 cm³/mol. The van der Waals surface area contributed by atoms with Crippen LogP contribution >= 0.6 is 0 Å². The van der Waals surface area contributed by atoms with E-state index in [1.54, 1.807) is 0 Å². The second kappa shape index (κ2) is 6.75. The lowest BCUT2D eigenvalue weighted by Gasteiger charge is -2.30. The zero-order valence-corrected chi connectivity index (χ0v) is 12.6. The Bertz CT molecular complexity index is 453. The van der Waals surface area contributed by atoms with Crippen LogP contribution in [-0.4, -0.2) is 31.1 Å². The van der Waals surface area contributed by atoms with Crippen molar-refractivity contribution in [2.45, 2.75) is 45.7 Å². The van der Waals surface area contributed by atoms with Crippen LogP contribution in [0, 0.1) is 13.8 Å². The summed E-state index contributed by atoms with van der Waals surface area (Å²) in [6, 6.07) is 6.75. The van der Waals surface area contributed by atoms with E-state index in [4.69, 9.17) is 0 Å². The SMILES string of the molecule is Cc1cccc(C)c1NCC(=O)NC1CCCNC1C. The molecule has 20 heavy (non-hydrogen) atoms. The number of hydrogen-bond donors (Lipinski definition) is 3. The average Bonchev–Trinajstić information content (AvgIpc) is 2.41. The van der Waals surface area contributed by atoms with E-state index in [1.807, 2.05) is 6.07 Å². The van der Waals surface area contributed by atoms with Gasteiger partial charge < -0.3 is 16.0 Å². The molecule has 1 aromatic carbocycles. The number of amides is 1. The molecule has 1 heterocycles. The van der Waals surface area contributed by atoms with Crippen LogP contribution in [0.25, 0.3) is 0 Å². The summed E-state index contributed by atoms with van der Waals surface area (Å²) in [4.78, 5) is 12.1. The van der Waals surface area contributed by atoms with Crippen molar-refractivity contribution < 1.29 is 4.79 Å². The van der Waals surface area contributed by atoms with Crippen LogP contribution in [-0.2, 0) is 4.79 Å². The topological polar surface area (TPSA) is 53.2 Å². The average molecular weight is 275 g/mol. The van der Waals surface area contributed by atoms with Gasteiger partial charge in [0, 0.05) is 17.8 Å². The van der Waals surface area contributed by atoms with Gasteiger partial charge in [-0.1, -0.05) is 18.2 Å². The van der Waals surface area contributed by atoms with Gasteiger partial charge in [-0.15, -0.1) is 0 Å². The molecule has 3 N–H and O–H groups in total. The highest BCUT2D eigenvalue weighted by Crippen LogP contribution is 2.18. The number of carbonyl (C=O) groups excluding carboxylic acids is 1. The van der Waals surface area contributed by atoms with E-state index in [0.717, 1.165) is 25.1 Å². The van der Waals surface area contributed by atoms with E-state index in [0.29, 0.717) is 12.6 Å². The lowest BCUT2D eigenvalue weighted by atomic mass is 10.00. The molecule has 2 atom stereocenters. The Balaban J connectivity index is 1.86. The highest BCUT2D eigenvalue weighted by atomic mass is 16.2. The second-order valence-electron chi connectivity index (χ2n) is 5.68. The minimum atomic E-state index is 0.0632. The maximum Gasteiger partial charge on any atom is 0.239 e. The number of piperidine rings is 1. The molecular formula is C16H25N3O. The van der Waals surface area contributed by atoms with Gasteiger partial charge in [0.25, 0.3) is 0 Å². The Labute approximate surface area is 121 Å². The van der Waals surface area contributed by atoms with Crippen LogP contribution in [0.3, 0.4) is 0 Å². The van der Waals surface area contributed by atoms with Gasteiger partial charge in [-0.3, -0.25) is 4.79 Å². The molecule has 0 bridgehead atoms. The minimum Gasteiger partial charge on any atom is -0.376 e. The van der Waals surface area contributed by atoms with Gasteiger partial charge in [0.15, 0.2) is 0 Å². The molecule has 2 rings (SSSR count).